The van der Waals surface area contributed by atoms with Crippen molar-refractivity contribution in [2.45, 2.75) is 18.9 Å². The fourth-order valence-electron chi connectivity index (χ4n) is 2.11. The van der Waals surface area contributed by atoms with Crippen molar-refractivity contribution in [3.05, 3.63) is 0 Å². The van der Waals surface area contributed by atoms with Crippen LogP contribution in [0.5, 0.6) is 0 Å². The molecule has 2 rings (SSSR count). The van der Waals surface area contributed by atoms with Gasteiger partial charge in [-0.25, -0.2) is 0 Å². The summed E-state index contributed by atoms with van der Waals surface area (Å²) < 4.78 is 5.40. The van der Waals surface area contributed by atoms with Crippen molar-refractivity contribution in [2.24, 2.45) is 11.1 Å². The summed E-state index contributed by atoms with van der Waals surface area (Å²) in [5, 5.41) is 3.35. The lowest BCUT2D eigenvalue weighted by atomic mass is 9.75. The average molecular weight is 193 g/mol. The number of hydrogen-bond donors (Lipinski definition) is 2. The first-order valence-electron chi connectivity index (χ1n) is 4.38. The predicted molar refractivity (Wildman–Crippen MR) is 50.6 cm³/mol. The molecule has 2 heterocycles. The number of piperidine rings is 1. The Labute approximate surface area is 79.4 Å². The summed E-state index contributed by atoms with van der Waals surface area (Å²) in [5.74, 6) is 0. The smallest absolute Gasteiger partial charge is 0.0624 e. The van der Waals surface area contributed by atoms with E-state index in [1.54, 1.807) is 0 Å². The van der Waals surface area contributed by atoms with Crippen molar-refractivity contribution < 1.29 is 4.74 Å². The van der Waals surface area contributed by atoms with Gasteiger partial charge in [-0.1, -0.05) is 0 Å². The van der Waals surface area contributed by atoms with Crippen LogP contribution >= 0.6 is 12.4 Å². The van der Waals surface area contributed by atoms with Gasteiger partial charge >= 0.3 is 0 Å². The van der Waals surface area contributed by atoms with E-state index in [4.69, 9.17) is 10.5 Å². The largest absolute Gasteiger partial charge is 0.379 e. The molecule has 2 fully saturated rings. The first-order valence-corrected chi connectivity index (χ1v) is 4.38. The second-order valence-electron chi connectivity index (χ2n) is 3.73. The van der Waals surface area contributed by atoms with Gasteiger partial charge in [-0.05, 0) is 25.9 Å². The summed E-state index contributed by atoms with van der Waals surface area (Å²) in [5.41, 5.74) is 6.32. The van der Waals surface area contributed by atoms with Gasteiger partial charge in [0.2, 0.25) is 0 Å². The summed E-state index contributed by atoms with van der Waals surface area (Å²) in [7, 11) is 0. The molecule has 1 atom stereocenters. The van der Waals surface area contributed by atoms with Crippen molar-refractivity contribution in [2.75, 3.05) is 26.3 Å². The molecule has 2 aliphatic rings. The number of hydrogen-bond acceptors (Lipinski definition) is 3. The van der Waals surface area contributed by atoms with Gasteiger partial charge in [0.25, 0.3) is 0 Å². The highest BCUT2D eigenvalue weighted by Gasteiger charge is 2.42. The van der Waals surface area contributed by atoms with Crippen molar-refractivity contribution in [3.8, 4) is 0 Å². The van der Waals surface area contributed by atoms with Crippen LogP contribution in [-0.4, -0.2) is 32.3 Å². The first kappa shape index (κ1) is 10.3. The molecular formula is C8H17ClN2O. The Hall–Kier alpha value is 0.170. The van der Waals surface area contributed by atoms with Crippen LogP contribution in [-0.2, 0) is 4.74 Å². The molecule has 4 heteroatoms. The van der Waals surface area contributed by atoms with Crippen molar-refractivity contribution >= 4 is 12.4 Å². The van der Waals surface area contributed by atoms with Crippen LogP contribution in [0.25, 0.3) is 0 Å². The number of nitrogens with one attached hydrogen (secondary N) is 1. The van der Waals surface area contributed by atoms with Crippen molar-refractivity contribution in [3.63, 3.8) is 0 Å². The summed E-state index contributed by atoms with van der Waals surface area (Å²) in [6.07, 6.45) is 2.38. The SMILES string of the molecule is Cl.NC1COCC12CCNCC2. The maximum Gasteiger partial charge on any atom is 0.0624 e. The van der Waals surface area contributed by atoms with E-state index in [1.807, 2.05) is 0 Å². The van der Waals surface area contributed by atoms with Gasteiger partial charge in [-0.3, -0.25) is 0 Å². The van der Waals surface area contributed by atoms with Crippen LogP contribution in [0.4, 0.5) is 0 Å². The van der Waals surface area contributed by atoms with Crippen LogP contribution < -0.4 is 11.1 Å². The minimum absolute atomic E-state index is 0. The lowest BCUT2D eigenvalue weighted by Crippen LogP contribution is -2.47. The van der Waals surface area contributed by atoms with E-state index in [0.717, 1.165) is 26.3 Å². The van der Waals surface area contributed by atoms with Gasteiger partial charge < -0.3 is 15.8 Å². The Bertz CT molecular complexity index is 148. The fraction of sp³-hybridized carbons (Fsp3) is 1.00. The van der Waals surface area contributed by atoms with Crippen LogP contribution in [0.2, 0.25) is 0 Å². The van der Waals surface area contributed by atoms with Crippen LogP contribution in [0, 0.1) is 5.41 Å². The average Bonchev–Trinajstić information content (AvgIpc) is 2.36. The molecule has 3 nitrogen and oxygen atoms in total. The van der Waals surface area contributed by atoms with E-state index >= 15 is 0 Å². The Balaban J connectivity index is 0.000000720. The molecule has 0 radical (unpaired) electrons. The maximum absolute atomic E-state index is 5.99. The zero-order chi connectivity index (χ0) is 7.73. The summed E-state index contributed by atoms with van der Waals surface area (Å²) >= 11 is 0. The Morgan fingerprint density at radius 1 is 1.33 bits per heavy atom. The number of rotatable bonds is 0. The maximum atomic E-state index is 5.99. The van der Waals surface area contributed by atoms with E-state index in [-0.39, 0.29) is 18.4 Å². The van der Waals surface area contributed by atoms with Gasteiger partial charge in [-0.2, -0.15) is 0 Å². The fourth-order valence-corrected chi connectivity index (χ4v) is 2.11. The van der Waals surface area contributed by atoms with Gasteiger partial charge in [0.05, 0.1) is 13.2 Å². The van der Waals surface area contributed by atoms with Crippen molar-refractivity contribution in [1.82, 2.24) is 5.32 Å². The van der Waals surface area contributed by atoms with E-state index in [1.165, 1.54) is 12.8 Å². The molecule has 2 aliphatic heterocycles. The minimum atomic E-state index is 0. The van der Waals surface area contributed by atoms with Crippen molar-refractivity contribution in [1.29, 1.82) is 0 Å². The number of halogens is 1. The zero-order valence-electron chi connectivity index (χ0n) is 7.21. The van der Waals surface area contributed by atoms with E-state index in [0.29, 0.717) is 5.41 Å². The highest BCUT2D eigenvalue weighted by molar-refractivity contribution is 5.85. The number of ether oxygens (including phenoxy) is 1. The molecule has 0 aromatic heterocycles. The highest BCUT2D eigenvalue weighted by Crippen LogP contribution is 2.36. The minimum Gasteiger partial charge on any atom is -0.379 e. The van der Waals surface area contributed by atoms with Gasteiger partial charge in [0.15, 0.2) is 0 Å². The molecule has 1 spiro atoms. The second kappa shape index (κ2) is 3.92. The third kappa shape index (κ3) is 1.59. The summed E-state index contributed by atoms with van der Waals surface area (Å²) in [6.45, 7) is 3.87. The summed E-state index contributed by atoms with van der Waals surface area (Å²) in [6, 6.07) is 0.282. The van der Waals surface area contributed by atoms with Crippen LogP contribution in [0.15, 0.2) is 0 Å². The third-order valence-corrected chi connectivity index (χ3v) is 3.07. The van der Waals surface area contributed by atoms with E-state index in [9.17, 15) is 0 Å². The molecule has 1 unspecified atom stereocenters. The van der Waals surface area contributed by atoms with E-state index in [2.05, 4.69) is 5.32 Å². The molecule has 0 amide bonds. The van der Waals surface area contributed by atoms with Crippen LogP contribution in [0.3, 0.4) is 0 Å². The Kier molecular flexibility index (Phi) is 3.35. The molecule has 0 saturated carbocycles. The molecule has 0 aromatic rings. The topological polar surface area (TPSA) is 47.3 Å². The lowest BCUT2D eigenvalue weighted by molar-refractivity contribution is 0.126. The molecule has 2 saturated heterocycles. The quantitative estimate of drug-likeness (QED) is 0.574. The van der Waals surface area contributed by atoms with Gasteiger partial charge in [-0.15, -0.1) is 12.4 Å². The molecule has 12 heavy (non-hydrogen) atoms. The predicted octanol–water partition coefficient (Wildman–Crippen LogP) is 0.135. The molecule has 0 aromatic carbocycles. The number of nitrogens with two attached hydrogens (primary N) is 1. The lowest BCUT2D eigenvalue weighted by Gasteiger charge is -2.35. The van der Waals surface area contributed by atoms with Gasteiger partial charge in [0.1, 0.15) is 0 Å². The standard InChI is InChI=1S/C8H16N2O.ClH/c9-7-5-11-6-8(7)1-3-10-4-2-8;/h7,10H,1-6,9H2;1H. The Morgan fingerprint density at radius 3 is 2.50 bits per heavy atom. The molecule has 0 aliphatic carbocycles. The van der Waals surface area contributed by atoms with E-state index < -0.39 is 0 Å². The first-order chi connectivity index (χ1) is 5.33. The van der Waals surface area contributed by atoms with Gasteiger partial charge in [0, 0.05) is 11.5 Å². The molecular weight excluding hydrogens is 176 g/mol. The second-order valence-corrected chi connectivity index (χ2v) is 3.73. The van der Waals surface area contributed by atoms with Crippen LogP contribution in [0.1, 0.15) is 12.8 Å². The molecule has 0 bridgehead atoms. The summed E-state index contributed by atoms with van der Waals surface area (Å²) in [4.78, 5) is 0. The Morgan fingerprint density at radius 2 is 2.00 bits per heavy atom. The third-order valence-electron chi connectivity index (χ3n) is 3.07. The molecule has 3 N–H and O–H groups in total. The monoisotopic (exact) mass is 192 g/mol. The zero-order valence-corrected chi connectivity index (χ0v) is 8.03. The molecule has 72 valence electrons. The normalized spacial score (nSPS) is 33.2. The highest BCUT2D eigenvalue weighted by atomic mass is 35.5.